The summed E-state index contributed by atoms with van der Waals surface area (Å²) in [7, 11) is 3.45. The summed E-state index contributed by atoms with van der Waals surface area (Å²) in [6.07, 6.45) is 1.59. The van der Waals surface area contributed by atoms with Crippen LogP contribution in [-0.4, -0.2) is 82.8 Å². The molecule has 2 aromatic carbocycles. The first-order valence-corrected chi connectivity index (χ1v) is 17.4. The van der Waals surface area contributed by atoms with Gasteiger partial charge in [-0.2, -0.15) is 0 Å². The number of nitrogens with two attached hydrogens (primary N) is 1. The van der Waals surface area contributed by atoms with E-state index < -0.39 is 11.7 Å². The quantitative estimate of drug-likeness (QED) is 0.0739. The average Bonchev–Trinajstić information content (AvgIpc) is 3.00. The van der Waals surface area contributed by atoms with Gasteiger partial charge in [0.2, 0.25) is 5.91 Å². The third-order valence-electron chi connectivity index (χ3n) is 7.35. The van der Waals surface area contributed by atoms with E-state index in [1.165, 1.54) is 17.0 Å². The van der Waals surface area contributed by atoms with Gasteiger partial charge >= 0.3 is 0 Å². The molecule has 3 rings (SSSR count). The molecule has 2 aromatic rings. The predicted octanol–water partition coefficient (Wildman–Crippen LogP) is 3.83. The van der Waals surface area contributed by atoms with Crippen molar-refractivity contribution in [3.05, 3.63) is 53.1 Å². The zero-order valence-electron chi connectivity index (χ0n) is 25.7. The second kappa shape index (κ2) is 17.3. The van der Waals surface area contributed by atoms with Crippen LogP contribution in [0.4, 0.5) is 5.69 Å². The maximum absolute atomic E-state index is 12.7. The molecule has 11 nitrogen and oxygen atoms in total. The number of likely N-dealkylation sites (tertiary alicyclic amines) is 1. The number of nitrogens with zero attached hydrogens (tertiary/aromatic N) is 2. The number of nitrogens with one attached hydrogen (secondary N) is 4. The van der Waals surface area contributed by atoms with Gasteiger partial charge < -0.3 is 26.6 Å². The van der Waals surface area contributed by atoms with Crippen LogP contribution in [0.15, 0.2) is 36.4 Å². The molecule has 0 atom stereocenters. The number of carbonyl (C=O) groups excluding carboxylic acids is 2. The van der Waals surface area contributed by atoms with Gasteiger partial charge in [-0.15, -0.1) is 0 Å². The van der Waals surface area contributed by atoms with Crippen molar-refractivity contribution in [1.29, 1.82) is 10.8 Å². The van der Waals surface area contributed by atoms with Crippen molar-refractivity contribution in [2.24, 2.45) is 11.7 Å². The second-order valence-electron chi connectivity index (χ2n) is 10.9. The largest absolute Gasteiger partial charge is 0.508 e. The Morgan fingerprint density at radius 2 is 1.70 bits per heavy atom. The van der Waals surface area contributed by atoms with Crippen molar-refractivity contribution in [3.8, 4) is 11.5 Å². The molecule has 1 aliphatic heterocycles. The highest BCUT2D eigenvalue weighted by Gasteiger charge is 2.28. The Morgan fingerprint density at radius 1 is 1.05 bits per heavy atom. The normalized spacial score (nSPS) is 13.9. The van der Waals surface area contributed by atoms with Crippen LogP contribution in [0.2, 0.25) is 0 Å². The van der Waals surface area contributed by atoms with Gasteiger partial charge in [0, 0.05) is 55.4 Å². The number of amidine groups is 2. The molecule has 1 saturated heterocycles. The lowest BCUT2D eigenvalue weighted by molar-refractivity contribution is -0.126. The van der Waals surface area contributed by atoms with E-state index in [4.69, 9.17) is 16.6 Å². The molecule has 1 heterocycles. The van der Waals surface area contributed by atoms with Crippen LogP contribution in [0.3, 0.4) is 0 Å². The number of amides is 2. The average molecular weight is 644 g/mol. The molecular weight excluding hydrogens is 599 g/mol. The van der Waals surface area contributed by atoms with Gasteiger partial charge in [0.1, 0.15) is 17.3 Å². The van der Waals surface area contributed by atoms with Gasteiger partial charge in [-0.1, -0.05) is 47.6 Å². The van der Waals surface area contributed by atoms with E-state index in [2.05, 4.69) is 15.5 Å². The van der Waals surface area contributed by atoms with E-state index in [-0.39, 0.29) is 40.6 Å². The molecule has 0 aliphatic carbocycles. The molecule has 1 aliphatic rings. The molecule has 13 heteroatoms. The molecule has 0 saturated carbocycles. The van der Waals surface area contributed by atoms with Crippen LogP contribution in [0.5, 0.6) is 11.5 Å². The first-order valence-electron chi connectivity index (χ1n) is 14.9. The first kappa shape index (κ1) is 35.2. The number of hydrogen-bond donors (Lipinski definition) is 7. The van der Waals surface area contributed by atoms with E-state index in [9.17, 15) is 19.8 Å². The molecule has 2 amide bonds. The van der Waals surface area contributed by atoms with Gasteiger partial charge in [-0.05, 0) is 68.1 Å². The summed E-state index contributed by atoms with van der Waals surface area (Å²) in [4.78, 5) is 28.8. The van der Waals surface area contributed by atoms with Crippen LogP contribution in [-0.2, 0) is 16.1 Å². The Kier molecular flexibility index (Phi) is 13.8. The van der Waals surface area contributed by atoms with Gasteiger partial charge in [0.15, 0.2) is 5.84 Å². The zero-order valence-corrected chi connectivity index (χ0v) is 27.3. The molecule has 0 spiro atoms. The number of phenolic OH excluding ortho intramolecular Hbond substituents is 2. The molecule has 0 unspecified atom stereocenters. The minimum absolute atomic E-state index is 0.0164. The van der Waals surface area contributed by atoms with Crippen molar-refractivity contribution >= 4 is 50.8 Å². The third kappa shape index (κ3) is 9.62. The smallest absolute Gasteiger partial charge is 0.287 e. The number of phenols is 2. The van der Waals surface area contributed by atoms with E-state index in [1.54, 1.807) is 40.6 Å². The van der Waals surface area contributed by atoms with Crippen LogP contribution in [0.1, 0.15) is 56.2 Å². The van der Waals surface area contributed by atoms with Gasteiger partial charge in [-0.25, -0.2) is 0 Å². The Morgan fingerprint density at radius 3 is 2.32 bits per heavy atom. The molecule has 1 fully saturated rings. The fraction of sp³-hybridized carbons (Fsp3) is 0.484. The maximum atomic E-state index is 12.7. The lowest BCUT2D eigenvalue weighted by atomic mass is 9.95. The summed E-state index contributed by atoms with van der Waals surface area (Å²) in [6.45, 7) is 9.44. The number of aromatic hydroxyl groups is 2. The fourth-order valence-corrected chi connectivity index (χ4v) is 6.73. The standard InChI is InChI=1S/C31H45N7O4S2/c1-4-35-31(42)29(34)38(28(33)25-17-24(20(2)3)26(39)18-27(25)40)23-7-5-21(6-8-23)19-37-13-9-22(10-14-37)30(41)36-12-16-44-43-15-11-32/h5-8,17-18,20,22,33-34,39-40H,4,9-16,19,32H2,1-3H3,(H,35,42)(H,36,41). The molecule has 240 valence electrons. The van der Waals surface area contributed by atoms with E-state index in [0.717, 1.165) is 43.0 Å². The Hall–Kier alpha value is -3.26. The Bertz CT molecular complexity index is 1300. The molecule has 0 bridgehead atoms. The van der Waals surface area contributed by atoms with Crippen molar-refractivity contribution < 1.29 is 19.8 Å². The summed E-state index contributed by atoms with van der Waals surface area (Å²) in [6, 6.07) is 10.0. The number of piperidine rings is 1. The second-order valence-corrected chi connectivity index (χ2v) is 13.6. The van der Waals surface area contributed by atoms with E-state index in [1.807, 2.05) is 26.0 Å². The summed E-state index contributed by atoms with van der Waals surface area (Å²) >= 11 is 0. The number of hydrogen-bond acceptors (Lipinski definition) is 10. The minimum Gasteiger partial charge on any atom is -0.508 e. The van der Waals surface area contributed by atoms with Crippen LogP contribution in [0.25, 0.3) is 0 Å². The van der Waals surface area contributed by atoms with Crippen molar-refractivity contribution in [3.63, 3.8) is 0 Å². The Balaban J connectivity index is 1.67. The molecule has 0 aromatic heterocycles. The van der Waals surface area contributed by atoms with Crippen molar-refractivity contribution in [2.45, 2.75) is 46.1 Å². The summed E-state index contributed by atoms with van der Waals surface area (Å²) in [5.74, 6) is 0.0503. The minimum atomic E-state index is -0.653. The lowest BCUT2D eigenvalue weighted by Crippen LogP contribution is -2.46. The number of rotatable bonds is 13. The monoisotopic (exact) mass is 643 g/mol. The molecule has 44 heavy (non-hydrogen) atoms. The first-order chi connectivity index (χ1) is 21.1. The van der Waals surface area contributed by atoms with Crippen LogP contribution < -0.4 is 21.3 Å². The summed E-state index contributed by atoms with van der Waals surface area (Å²) in [5.41, 5.74) is 7.58. The highest BCUT2D eigenvalue weighted by atomic mass is 33.1. The number of likely N-dealkylation sites (N-methyl/N-ethyl adjacent to an activating group) is 1. The summed E-state index contributed by atoms with van der Waals surface area (Å²) in [5, 5.41) is 44.1. The van der Waals surface area contributed by atoms with E-state index in [0.29, 0.717) is 37.4 Å². The maximum Gasteiger partial charge on any atom is 0.287 e. The van der Waals surface area contributed by atoms with Crippen LogP contribution in [0, 0.1) is 16.7 Å². The van der Waals surface area contributed by atoms with E-state index >= 15 is 0 Å². The van der Waals surface area contributed by atoms with Crippen LogP contribution >= 0.6 is 21.6 Å². The summed E-state index contributed by atoms with van der Waals surface area (Å²) < 4.78 is 0. The van der Waals surface area contributed by atoms with Crippen molar-refractivity contribution in [1.82, 2.24) is 15.5 Å². The number of carbonyl (C=O) groups is 2. The zero-order chi connectivity index (χ0) is 32.2. The SMILES string of the molecule is CCNC(=O)C(=N)N(C(=N)c1cc(C(C)C)c(O)cc1O)c1ccc(CN2CCC(C(=O)NCCSSCCN)CC2)cc1. The number of anilines is 1. The third-order valence-corrected chi connectivity index (χ3v) is 9.79. The highest BCUT2D eigenvalue weighted by molar-refractivity contribution is 8.76. The molecular formula is C31H45N7O4S2. The Labute approximate surface area is 267 Å². The predicted molar refractivity (Wildman–Crippen MR) is 181 cm³/mol. The van der Waals surface area contributed by atoms with Gasteiger partial charge in [0.05, 0.1) is 5.56 Å². The van der Waals surface area contributed by atoms with Gasteiger partial charge in [0.25, 0.3) is 5.91 Å². The lowest BCUT2D eigenvalue weighted by Gasteiger charge is -2.31. The van der Waals surface area contributed by atoms with Crippen molar-refractivity contribution in [2.75, 3.05) is 49.1 Å². The number of benzene rings is 2. The highest BCUT2D eigenvalue weighted by Crippen LogP contribution is 2.34. The topological polar surface area (TPSA) is 179 Å². The molecule has 0 radical (unpaired) electrons. The fourth-order valence-electron chi connectivity index (χ4n) is 4.97. The molecule has 8 N–H and O–H groups in total. The van der Waals surface area contributed by atoms with Gasteiger partial charge in [-0.3, -0.25) is 30.2 Å².